The Morgan fingerprint density at radius 2 is 2.10 bits per heavy atom. The van der Waals surface area contributed by atoms with E-state index in [2.05, 4.69) is 31.1 Å². The van der Waals surface area contributed by atoms with Gasteiger partial charge >= 0.3 is 5.97 Å². The Morgan fingerprint density at radius 3 is 2.75 bits per heavy atom. The molecule has 1 N–H and O–H groups in total. The zero-order chi connectivity index (χ0) is 14.9. The molecule has 0 aliphatic carbocycles. The lowest BCUT2D eigenvalue weighted by molar-refractivity contribution is 0.0588. The van der Waals surface area contributed by atoms with Crippen LogP contribution in [-0.2, 0) is 18.8 Å². The Bertz CT molecular complexity index is 720. The van der Waals surface area contributed by atoms with E-state index in [4.69, 9.17) is 0 Å². The van der Waals surface area contributed by atoms with Crippen molar-refractivity contribution in [2.75, 3.05) is 12.4 Å². The number of rotatable bonds is 3. The number of nitrogens with one attached hydrogen (secondary N) is 1. The van der Waals surface area contributed by atoms with E-state index < -0.39 is 5.97 Å². The van der Waals surface area contributed by atoms with Crippen LogP contribution in [0.15, 0.2) is 27.6 Å². The van der Waals surface area contributed by atoms with E-state index in [9.17, 15) is 9.59 Å². The fourth-order valence-electron chi connectivity index (χ4n) is 1.72. The van der Waals surface area contributed by atoms with Gasteiger partial charge in [-0.1, -0.05) is 0 Å². The maximum atomic E-state index is 12.0. The predicted octanol–water partition coefficient (Wildman–Crippen LogP) is 1.41. The number of pyridine rings is 1. The van der Waals surface area contributed by atoms with Crippen molar-refractivity contribution in [2.45, 2.75) is 0 Å². The molecule has 0 saturated carbocycles. The molecular formula is C12H13BrN4O3. The molecule has 8 heteroatoms. The standard InChI is InChI=1S/C12H13BrN4O3/c1-16-6-7(13)4-8(11(16)18)14-10-5-9(12(19)20-3)17(2)15-10/h4-6H,1-3H3,(H,14,15). The van der Waals surface area contributed by atoms with Crippen molar-refractivity contribution in [3.63, 3.8) is 0 Å². The molecule has 0 unspecified atom stereocenters. The third-order valence-corrected chi connectivity index (χ3v) is 3.12. The van der Waals surface area contributed by atoms with Gasteiger partial charge in [0.05, 0.1) is 7.11 Å². The fraction of sp³-hybridized carbons (Fsp3) is 0.250. The minimum atomic E-state index is -0.491. The molecule has 20 heavy (non-hydrogen) atoms. The lowest BCUT2D eigenvalue weighted by Crippen LogP contribution is -2.19. The normalized spacial score (nSPS) is 10.4. The number of carbonyl (C=O) groups excluding carboxylic acids is 1. The van der Waals surface area contributed by atoms with E-state index in [1.54, 1.807) is 26.4 Å². The van der Waals surface area contributed by atoms with E-state index in [0.29, 0.717) is 17.2 Å². The number of ether oxygens (including phenoxy) is 1. The average Bonchev–Trinajstić information content (AvgIpc) is 2.75. The molecule has 2 aromatic rings. The first-order chi connectivity index (χ1) is 9.42. The summed E-state index contributed by atoms with van der Waals surface area (Å²) in [5.74, 6) is -0.0988. The predicted molar refractivity (Wildman–Crippen MR) is 77.2 cm³/mol. The number of aromatic nitrogens is 3. The summed E-state index contributed by atoms with van der Waals surface area (Å²) in [5.41, 5.74) is 0.455. The third kappa shape index (κ3) is 2.74. The van der Waals surface area contributed by atoms with Crippen LogP contribution in [0.2, 0.25) is 0 Å². The van der Waals surface area contributed by atoms with Crippen LogP contribution >= 0.6 is 15.9 Å². The summed E-state index contributed by atoms with van der Waals surface area (Å²) < 4.78 is 8.22. The number of esters is 1. The van der Waals surface area contributed by atoms with Gasteiger partial charge < -0.3 is 14.6 Å². The second-order valence-electron chi connectivity index (χ2n) is 4.14. The topological polar surface area (TPSA) is 78.2 Å². The summed E-state index contributed by atoms with van der Waals surface area (Å²) in [7, 11) is 4.57. The maximum Gasteiger partial charge on any atom is 0.356 e. The van der Waals surface area contributed by atoms with E-state index in [-0.39, 0.29) is 5.56 Å². The Hall–Kier alpha value is -2.09. The van der Waals surface area contributed by atoms with Crippen LogP contribution < -0.4 is 10.9 Å². The van der Waals surface area contributed by atoms with Crippen molar-refractivity contribution < 1.29 is 9.53 Å². The van der Waals surface area contributed by atoms with Gasteiger partial charge in [-0.15, -0.1) is 0 Å². The van der Waals surface area contributed by atoms with Gasteiger partial charge in [0.1, 0.15) is 11.4 Å². The summed E-state index contributed by atoms with van der Waals surface area (Å²) in [6.07, 6.45) is 1.66. The fourth-order valence-corrected chi connectivity index (χ4v) is 2.26. The van der Waals surface area contributed by atoms with E-state index in [1.165, 1.54) is 22.4 Å². The molecule has 2 heterocycles. The number of anilines is 2. The molecule has 0 bridgehead atoms. The molecule has 0 spiro atoms. The minimum absolute atomic E-state index is 0.196. The van der Waals surface area contributed by atoms with Crippen molar-refractivity contribution in [1.29, 1.82) is 0 Å². The smallest absolute Gasteiger partial charge is 0.356 e. The van der Waals surface area contributed by atoms with Gasteiger partial charge in [0.2, 0.25) is 0 Å². The van der Waals surface area contributed by atoms with Crippen molar-refractivity contribution >= 4 is 33.4 Å². The van der Waals surface area contributed by atoms with Crippen LogP contribution in [0.25, 0.3) is 0 Å². The summed E-state index contributed by atoms with van der Waals surface area (Å²) >= 11 is 3.32. The molecule has 106 valence electrons. The highest BCUT2D eigenvalue weighted by Gasteiger charge is 2.14. The monoisotopic (exact) mass is 340 g/mol. The van der Waals surface area contributed by atoms with Crippen molar-refractivity contribution in [3.05, 3.63) is 38.9 Å². The largest absolute Gasteiger partial charge is 0.464 e. The molecule has 0 fully saturated rings. The van der Waals surface area contributed by atoms with Crippen LogP contribution in [-0.4, -0.2) is 27.4 Å². The summed E-state index contributed by atoms with van der Waals surface area (Å²) in [6, 6.07) is 3.17. The van der Waals surface area contributed by atoms with Crippen molar-refractivity contribution in [3.8, 4) is 0 Å². The SMILES string of the molecule is COC(=O)c1cc(Nc2cc(Br)cn(C)c2=O)nn1C. The molecule has 0 aromatic carbocycles. The summed E-state index contributed by atoms with van der Waals surface area (Å²) in [6.45, 7) is 0. The van der Waals surface area contributed by atoms with Gasteiger partial charge in [-0.3, -0.25) is 9.48 Å². The number of hydrogen-bond acceptors (Lipinski definition) is 5. The molecule has 0 aliphatic heterocycles. The molecule has 0 atom stereocenters. The molecule has 2 rings (SSSR count). The van der Waals surface area contributed by atoms with Crippen LogP contribution in [0.1, 0.15) is 10.5 Å². The Labute approximate surface area is 123 Å². The Morgan fingerprint density at radius 1 is 1.40 bits per heavy atom. The first-order valence-electron chi connectivity index (χ1n) is 5.68. The second-order valence-corrected chi connectivity index (χ2v) is 5.06. The van der Waals surface area contributed by atoms with Gasteiger partial charge in [-0.2, -0.15) is 5.10 Å². The lowest BCUT2D eigenvalue weighted by Gasteiger charge is -2.05. The van der Waals surface area contributed by atoms with Crippen LogP contribution in [0.3, 0.4) is 0 Å². The summed E-state index contributed by atoms with van der Waals surface area (Å²) in [4.78, 5) is 23.5. The van der Waals surface area contributed by atoms with Crippen molar-refractivity contribution in [2.24, 2.45) is 14.1 Å². The molecular weight excluding hydrogens is 328 g/mol. The molecule has 7 nitrogen and oxygen atoms in total. The summed E-state index contributed by atoms with van der Waals surface area (Å²) in [5, 5.41) is 7.01. The van der Waals surface area contributed by atoms with Crippen LogP contribution in [0, 0.1) is 0 Å². The molecule has 0 radical (unpaired) electrons. The van der Waals surface area contributed by atoms with Gasteiger partial charge in [0, 0.05) is 30.8 Å². The number of halogens is 1. The van der Waals surface area contributed by atoms with Gasteiger partial charge in [0.15, 0.2) is 5.82 Å². The van der Waals surface area contributed by atoms with Crippen LogP contribution in [0.5, 0.6) is 0 Å². The highest BCUT2D eigenvalue weighted by molar-refractivity contribution is 9.10. The Balaban J connectivity index is 2.36. The third-order valence-electron chi connectivity index (χ3n) is 2.69. The van der Waals surface area contributed by atoms with Gasteiger partial charge in [-0.25, -0.2) is 4.79 Å². The second kappa shape index (κ2) is 5.49. The number of hydrogen-bond donors (Lipinski definition) is 1. The molecule has 0 amide bonds. The number of carbonyl (C=O) groups is 1. The van der Waals surface area contributed by atoms with Crippen LogP contribution in [0.4, 0.5) is 11.5 Å². The first kappa shape index (κ1) is 14.3. The minimum Gasteiger partial charge on any atom is -0.464 e. The Kier molecular flexibility index (Phi) is 3.93. The zero-order valence-corrected chi connectivity index (χ0v) is 12.8. The van der Waals surface area contributed by atoms with E-state index in [0.717, 1.165) is 4.47 Å². The maximum absolute atomic E-state index is 12.0. The van der Waals surface area contributed by atoms with Gasteiger partial charge in [0.25, 0.3) is 5.56 Å². The molecule has 0 saturated heterocycles. The number of methoxy groups -OCH3 is 1. The van der Waals surface area contributed by atoms with Gasteiger partial charge in [-0.05, 0) is 22.0 Å². The highest BCUT2D eigenvalue weighted by atomic mass is 79.9. The number of nitrogens with zero attached hydrogens (tertiary/aromatic N) is 3. The van der Waals surface area contributed by atoms with E-state index in [1.807, 2.05) is 0 Å². The number of aryl methyl sites for hydroxylation is 2. The van der Waals surface area contributed by atoms with E-state index >= 15 is 0 Å². The molecule has 0 aliphatic rings. The van der Waals surface area contributed by atoms with Crippen molar-refractivity contribution in [1.82, 2.24) is 14.3 Å². The average molecular weight is 341 g/mol. The lowest BCUT2D eigenvalue weighted by atomic mass is 10.3. The highest BCUT2D eigenvalue weighted by Crippen LogP contribution is 2.17. The zero-order valence-electron chi connectivity index (χ0n) is 11.2. The quantitative estimate of drug-likeness (QED) is 0.854. The molecule has 2 aromatic heterocycles. The first-order valence-corrected chi connectivity index (χ1v) is 6.47.